The SMILES string of the molecule is Cl.N=C(N)C1(c2nnc(-c3ccc(CCCCCCCOCC4CCCCC4)cc3)o2)CC1. The molecule has 7 heteroatoms. The van der Waals surface area contributed by atoms with E-state index >= 15 is 0 Å². The highest BCUT2D eigenvalue weighted by Gasteiger charge is 2.52. The zero-order chi connectivity index (χ0) is 22.2. The molecule has 3 N–H and O–H groups in total. The number of nitrogens with zero attached hydrogens (tertiary/aromatic N) is 2. The van der Waals surface area contributed by atoms with E-state index in [1.807, 2.05) is 12.1 Å². The summed E-state index contributed by atoms with van der Waals surface area (Å²) in [5.41, 5.74) is 7.46. The maximum absolute atomic E-state index is 7.76. The Morgan fingerprint density at radius 2 is 1.70 bits per heavy atom. The maximum atomic E-state index is 7.76. The minimum absolute atomic E-state index is 0. The number of rotatable bonds is 13. The molecule has 1 aromatic carbocycles. The number of halogens is 1. The van der Waals surface area contributed by atoms with Crippen LogP contribution < -0.4 is 5.73 Å². The molecule has 2 saturated carbocycles. The molecule has 182 valence electrons. The van der Waals surface area contributed by atoms with Crippen LogP contribution in [0.25, 0.3) is 11.5 Å². The van der Waals surface area contributed by atoms with Gasteiger partial charge in [-0.2, -0.15) is 0 Å². The summed E-state index contributed by atoms with van der Waals surface area (Å²) in [6.07, 6.45) is 15.9. The third kappa shape index (κ3) is 7.03. The summed E-state index contributed by atoms with van der Waals surface area (Å²) < 4.78 is 11.7. The van der Waals surface area contributed by atoms with Gasteiger partial charge in [-0.1, -0.05) is 50.7 Å². The number of benzene rings is 1. The average Bonchev–Trinajstić information content (AvgIpc) is 3.49. The lowest BCUT2D eigenvalue weighted by atomic mass is 9.90. The molecule has 0 aliphatic heterocycles. The molecule has 0 unspecified atom stereocenters. The Labute approximate surface area is 204 Å². The number of ether oxygens (including phenoxy) is 1. The van der Waals surface area contributed by atoms with Crippen molar-refractivity contribution < 1.29 is 9.15 Å². The summed E-state index contributed by atoms with van der Waals surface area (Å²) in [5.74, 6) is 1.93. The zero-order valence-electron chi connectivity index (χ0n) is 19.7. The van der Waals surface area contributed by atoms with E-state index in [0.29, 0.717) is 11.8 Å². The molecule has 4 rings (SSSR count). The highest BCUT2D eigenvalue weighted by atomic mass is 35.5. The number of hydrogen-bond donors (Lipinski definition) is 2. The molecule has 2 aromatic rings. The smallest absolute Gasteiger partial charge is 0.247 e. The molecule has 1 aromatic heterocycles. The van der Waals surface area contributed by atoms with Crippen molar-refractivity contribution in [3.05, 3.63) is 35.7 Å². The molecule has 2 aliphatic carbocycles. The van der Waals surface area contributed by atoms with Gasteiger partial charge in [0.2, 0.25) is 11.8 Å². The largest absolute Gasteiger partial charge is 0.420 e. The van der Waals surface area contributed by atoms with E-state index in [1.54, 1.807) is 0 Å². The number of nitrogens with two attached hydrogens (primary N) is 1. The first-order chi connectivity index (χ1) is 15.7. The van der Waals surface area contributed by atoms with E-state index in [2.05, 4.69) is 22.3 Å². The molecule has 0 bridgehead atoms. The first-order valence-corrected chi connectivity index (χ1v) is 12.5. The number of aromatic nitrogens is 2. The van der Waals surface area contributed by atoms with Crippen LogP contribution in [-0.2, 0) is 16.6 Å². The highest BCUT2D eigenvalue weighted by molar-refractivity contribution is 5.91. The zero-order valence-corrected chi connectivity index (χ0v) is 20.5. The third-order valence-electron chi connectivity index (χ3n) is 7.13. The lowest BCUT2D eigenvalue weighted by molar-refractivity contribution is 0.0824. The minimum Gasteiger partial charge on any atom is -0.420 e. The summed E-state index contributed by atoms with van der Waals surface area (Å²) in [5, 5.41) is 16.1. The summed E-state index contributed by atoms with van der Waals surface area (Å²) in [4.78, 5) is 0. The Morgan fingerprint density at radius 3 is 2.39 bits per heavy atom. The van der Waals surface area contributed by atoms with Crippen LogP contribution in [0.2, 0.25) is 0 Å². The van der Waals surface area contributed by atoms with Crippen LogP contribution in [0.1, 0.15) is 88.5 Å². The fourth-order valence-corrected chi connectivity index (χ4v) is 4.74. The topological polar surface area (TPSA) is 98.0 Å². The van der Waals surface area contributed by atoms with Crippen molar-refractivity contribution in [1.29, 1.82) is 5.41 Å². The predicted octanol–water partition coefficient (Wildman–Crippen LogP) is 6.22. The van der Waals surface area contributed by atoms with Gasteiger partial charge in [0, 0.05) is 18.8 Å². The number of unbranched alkanes of at least 4 members (excludes halogenated alkanes) is 4. The van der Waals surface area contributed by atoms with Crippen LogP contribution in [0, 0.1) is 11.3 Å². The number of amidine groups is 1. The average molecular weight is 475 g/mol. The van der Waals surface area contributed by atoms with Crippen LogP contribution >= 0.6 is 12.4 Å². The van der Waals surface area contributed by atoms with E-state index in [4.69, 9.17) is 20.3 Å². The molecular weight excluding hydrogens is 436 g/mol. The second-order valence-electron chi connectivity index (χ2n) is 9.70. The van der Waals surface area contributed by atoms with Gasteiger partial charge in [-0.05, 0) is 68.6 Å². The number of hydrogen-bond acceptors (Lipinski definition) is 5. The maximum Gasteiger partial charge on any atom is 0.247 e. The van der Waals surface area contributed by atoms with Gasteiger partial charge in [0.1, 0.15) is 11.3 Å². The molecule has 0 spiro atoms. The van der Waals surface area contributed by atoms with Crippen LogP contribution in [0.15, 0.2) is 28.7 Å². The lowest BCUT2D eigenvalue weighted by Gasteiger charge is -2.21. The normalized spacial score (nSPS) is 17.5. The van der Waals surface area contributed by atoms with Crippen LogP contribution in [0.4, 0.5) is 0 Å². The Morgan fingerprint density at radius 1 is 1.00 bits per heavy atom. The van der Waals surface area contributed by atoms with Gasteiger partial charge in [0.05, 0.1) is 0 Å². The van der Waals surface area contributed by atoms with Crippen molar-refractivity contribution >= 4 is 18.2 Å². The van der Waals surface area contributed by atoms with Gasteiger partial charge in [0.15, 0.2) is 0 Å². The van der Waals surface area contributed by atoms with Gasteiger partial charge in [-0.15, -0.1) is 22.6 Å². The predicted molar refractivity (Wildman–Crippen MR) is 134 cm³/mol. The van der Waals surface area contributed by atoms with E-state index < -0.39 is 5.41 Å². The fourth-order valence-electron chi connectivity index (χ4n) is 4.74. The Hall–Kier alpha value is -1.92. The lowest BCUT2D eigenvalue weighted by Crippen LogP contribution is -2.27. The molecule has 2 fully saturated rings. The van der Waals surface area contributed by atoms with E-state index in [0.717, 1.165) is 44.0 Å². The monoisotopic (exact) mass is 474 g/mol. The van der Waals surface area contributed by atoms with Crippen LogP contribution in [-0.4, -0.2) is 29.2 Å². The Kier molecular flexibility index (Phi) is 9.75. The van der Waals surface area contributed by atoms with E-state index in [1.165, 1.54) is 69.8 Å². The quantitative estimate of drug-likeness (QED) is 0.204. The van der Waals surface area contributed by atoms with Crippen molar-refractivity contribution in [2.24, 2.45) is 11.7 Å². The minimum atomic E-state index is -0.507. The molecular formula is C26H39ClN4O2. The van der Waals surface area contributed by atoms with Crippen LogP contribution in [0.5, 0.6) is 0 Å². The van der Waals surface area contributed by atoms with Crippen LogP contribution in [0.3, 0.4) is 0 Å². The van der Waals surface area contributed by atoms with Gasteiger partial charge in [0.25, 0.3) is 0 Å². The van der Waals surface area contributed by atoms with Crippen molar-refractivity contribution in [3.63, 3.8) is 0 Å². The number of aryl methyl sites for hydroxylation is 1. The molecule has 0 saturated heterocycles. The van der Waals surface area contributed by atoms with E-state index in [-0.39, 0.29) is 18.2 Å². The van der Waals surface area contributed by atoms with E-state index in [9.17, 15) is 0 Å². The van der Waals surface area contributed by atoms with Gasteiger partial charge in [-0.25, -0.2) is 0 Å². The molecule has 0 radical (unpaired) electrons. The van der Waals surface area contributed by atoms with Gasteiger partial charge >= 0.3 is 0 Å². The molecule has 0 amide bonds. The standard InChI is InChI=1S/C26H38N4O2.ClH/c27-24(28)26(16-17-26)25-30-29-23(32-25)22-14-12-20(13-15-22)9-5-2-1-3-8-18-31-19-21-10-6-4-7-11-21;/h12-15,21H,1-11,16-19H2,(H3,27,28);1H. The third-order valence-corrected chi connectivity index (χ3v) is 7.13. The van der Waals surface area contributed by atoms with Crippen molar-refractivity contribution in [3.8, 4) is 11.5 Å². The Balaban J connectivity index is 0.00000306. The second kappa shape index (κ2) is 12.5. The first-order valence-electron chi connectivity index (χ1n) is 12.5. The molecule has 33 heavy (non-hydrogen) atoms. The van der Waals surface area contributed by atoms with Crippen molar-refractivity contribution in [2.45, 2.75) is 88.9 Å². The highest BCUT2D eigenvalue weighted by Crippen LogP contribution is 2.47. The second-order valence-corrected chi connectivity index (χ2v) is 9.70. The summed E-state index contributed by atoms with van der Waals surface area (Å²) in [6, 6.07) is 8.39. The number of nitrogens with one attached hydrogen (secondary N) is 1. The molecule has 1 heterocycles. The molecule has 2 aliphatic rings. The Bertz CT molecular complexity index is 857. The summed E-state index contributed by atoms with van der Waals surface area (Å²) in [6.45, 7) is 1.92. The first kappa shape index (κ1) is 25.7. The van der Waals surface area contributed by atoms with Gasteiger partial charge < -0.3 is 14.9 Å². The van der Waals surface area contributed by atoms with Crippen molar-refractivity contribution in [2.75, 3.05) is 13.2 Å². The fraction of sp³-hybridized carbons (Fsp3) is 0.654. The molecule has 6 nitrogen and oxygen atoms in total. The molecule has 0 atom stereocenters. The van der Waals surface area contributed by atoms with Crippen molar-refractivity contribution in [1.82, 2.24) is 10.2 Å². The van der Waals surface area contributed by atoms with Gasteiger partial charge in [-0.3, -0.25) is 5.41 Å². The summed E-state index contributed by atoms with van der Waals surface area (Å²) in [7, 11) is 0. The summed E-state index contributed by atoms with van der Waals surface area (Å²) >= 11 is 0.